The molecular formula is C22H32N4O3. The lowest BCUT2D eigenvalue weighted by atomic mass is 10.2. The molecule has 1 aromatic carbocycles. The smallest absolute Gasteiger partial charge is 0.318 e. The molecule has 0 aliphatic carbocycles. The van der Waals surface area contributed by atoms with E-state index in [0.717, 1.165) is 11.3 Å². The predicted molar refractivity (Wildman–Crippen MR) is 113 cm³/mol. The van der Waals surface area contributed by atoms with Crippen LogP contribution in [0.2, 0.25) is 0 Å². The number of aromatic nitrogens is 1. The van der Waals surface area contributed by atoms with E-state index in [1.54, 1.807) is 16.9 Å². The fourth-order valence-electron chi connectivity index (χ4n) is 2.96. The summed E-state index contributed by atoms with van der Waals surface area (Å²) in [7, 11) is 3.56. The molecule has 1 aromatic heterocycles. The maximum atomic E-state index is 13.0. The van der Waals surface area contributed by atoms with Crippen molar-refractivity contribution in [1.29, 1.82) is 0 Å². The van der Waals surface area contributed by atoms with E-state index >= 15 is 0 Å². The average molecular weight is 401 g/mol. The van der Waals surface area contributed by atoms with Gasteiger partial charge in [-0.1, -0.05) is 30.3 Å². The molecule has 29 heavy (non-hydrogen) atoms. The zero-order valence-corrected chi connectivity index (χ0v) is 17.8. The molecule has 7 heteroatoms. The van der Waals surface area contributed by atoms with Crippen LogP contribution >= 0.6 is 0 Å². The highest BCUT2D eigenvalue weighted by atomic mass is 16.5. The first kappa shape index (κ1) is 22.5. The predicted octanol–water partition coefficient (Wildman–Crippen LogP) is 2.62. The van der Waals surface area contributed by atoms with Crippen LogP contribution in [-0.4, -0.2) is 59.2 Å². The van der Waals surface area contributed by atoms with Crippen LogP contribution in [-0.2, 0) is 29.7 Å². The van der Waals surface area contributed by atoms with Gasteiger partial charge in [0, 0.05) is 45.2 Å². The van der Waals surface area contributed by atoms with E-state index in [4.69, 9.17) is 4.74 Å². The molecule has 3 amide bonds. The quantitative estimate of drug-likeness (QED) is 0.667. The first-order chi connectivity index (χ1) is 13.9. The summed E-state index contributed by atoms with van der Waals surface area (Å²) in [6.45, 7) is 5.65. The summed E-state index contributed by atoms with van der Waals surface area (Å²) in [6, 6.07) is 13.3. The Morgan fingerprint density at radius 3 is 2.45 bits per heavy atom. The summed E-state index contributed by atoms with van der Waals surface area (Å²) in [5, 5.41) is 2.91. The highest BCUT2D eigenvalue weighted by molar-refractivity contribution is 5.84. The van der Waals surface area contributed by atoms with Gasteiger partial charge in [0.25, 0.3) is 0 Å². The monoisotopic (exact) mass is 400 g/mol. The number of hydrogen-bond donors (Lipinski definition) is 1. The van der Waals surface area contributed by atoms with Gasteiger partial charge in [0.05, 0.1) is 13.2 Å². The lowest BCUT2D eigenvalue weighted by Crippen LogP contribution is -2.49. The van der Waals surface area contributed by atoms with Gasteiger partial charge < -0.3 is 24.4 Å². The normalized spacial score (nSPS) is 10.8. The Balaban J connectivity index is 2.02. The summed E-state index contributed by atoms with van der Waals surface area (Å²) in [4.78, 5) is 29.0. The molecule has 0 saturated heterocycles. The summed E-state index contributed by atoms with van der Waals surface area (Å²) in [5.74, 6) is -0.105. The molecule has 7 nitrogen and oxygen atoms in total. The average Bonchev–Trinajstić information content (AvgIpc) is 3.12. The second kappa shape index (κ2) is 11.3. The minimum atomic E-state index is -0.247. The van der Waals surface area contributed by atoms with E-state index in [1.807, 2.05) is 74.1 Å². The lowest BCUT2D eigenvalue weighted by molar-refractivity contribution is -0.133. The topological polar surface area (TPSA) is 66.8 Å². The van der Waals surface area contributed by atoms with E-state index in [2.05, 4.69) is 5.32 Å². The Kier molecular flexibility index (Phi) is 8.73. The van der Waals surface area contributed by atoms with E-state index in [1.165, 1.54) is 0 Å². The SMILES string of the molecule is COCCN(Cc1cccn1C)C(=O)CN(C(=O)NCc1ccccc1)C(C)C. The van der Waals surface area contributed by atoms with Crippen molar-refractivity contribution in [3.05, 3.63) is 59.9 Å². The third-order valence-electron chi connectivity index (χ3n) is 4.80. The number of nitrogens with one attached hydrogen (secondary N) is 1. The zero-order chi connectivity index (χ0) is 21.2. The van der Waals surface area contributed by atoms with Crippen molar-refractivity contribution in [3.63, 3.8) is 0 Å². The number of urea groups is 1. The highest BCUT2D eigenvalue weighted by Gasteiger charge is 2.23. The molecule has 0 aliphatic rings. The molecule has 0 fully saturated rings. The molecule has 0 radical (unpaired) electrons. The van der Waals surface area contributed by atoms with E-state index < -0.39 is 0 Å². The van der Waals surface area contributed by atoms with Gasteiger partial charge in [-0.05, 0) is 31.5 Å². The molecule has 2 rings (SSSR count). The Labute approximate surface area is 173 Å². The van der Waals surface area contributed by atoms with Crippen LogP contribution in [0.15, 0.2) is 48.7 Å². The maximum absolute atomic E-state index is 13.0. The molecule has 0 aliphatic heterocycles. The van der Waals surface area contributed by atoms with Gasteiger partial charge in [0.15, 0.2) is 0 Å². The largest absolute Gasteiger partial charge is 0.383 e. The van der Waals surface area contributed by atoms with Gasteiger partial charge in [-0.25, -0.2) is 4.79 Å². The first-order valence-corrected chi connectivity index (χ1v) is 9.87. The van der Waals surface area contributed by atoms with Crippen molar-refractivity contribution >= 4 is 11.9 Å². The molecule has 158 valence electrons. The Morgan fingerprint density at radius 1 is 1.14 bits per heavy atom. The van der Waals surface area contributed by atoms with Gasteiger partial charge in [0.2, 0.25) is 5.91 Å². The van der Waals surface area contributed by atoms with Crippen LogP contribution in [0.4, 0.5) is 4.79 Å². The lowest BCUT2D eigenvalue weighted by Gasteiger charge is -2.30. The molecule has 2 aromatic rings. The van der Waals surface area contributed by atoms with Crippen LogP contribution < -0.4 is 5.32 Å². The van der Waals surface area contributed by atoms with Crippen molar-refractivity contribution < 1.29 is 14.3 Å². The number of carbonyl (C=O) groups excluding carboxylic acids is 2. The Morgan fingerprint density at radius 2 is 1.86 bits per heavy atom. The molecule has 0 bridgehead atoms. The third kappa shape index (κ3) is 6.94. The highest BCUT2D eigenvalue weighted by Crippen LogP contribution is 2.08. The molecule has 0 atom stereocenters. The number of methoxy groups -OCH3 is 1. The van der Waals surface area contributed by atoms with Crippen molar-refractivity contribution in [3.8, 4) is 0 Å². The fourth-order valence-corrected chi connectivity index (χ4v) is 2.96. The van der Waals surface area contributed by atoms with Gasteiger partial charge in [-0.15, -0.1) is 0 Å². The number of carbonyl (C=O) groups is 2. The van der Waals surface area contributed by atoms with Crippen LogP contribution in [0.1, 0.15) is 25.1 Å². The number of ether oxygens (including phenoxy) is 1. The van der Waals surface area contributed by atoms with Gasteiger partial charge in [-0.3, -0.25) is 4.79 Å². The number of amides is 3. The van der Waals surface area contributed by atoms with Gasteiger partial charge in [0.1, 0.15) is 6.54 Å². The number of rotatable bonds is 10. The summed E-state index contributed by atoms with van der Waals surface area (Å²) >= 11 is 0. The van der Waals surface area contributed by atoms with Gasteiger partial charge in [-0.2, -0.15) is 0 Å². The van der Waals surface area contributed by atoms with Crippen molar-refractivity contribution in [1.82, 2.24) is 19.7 Å². The molecule has 0 unspecified atom stereocenters. The molecular weight excluding hydrogens is 368 g/mol. The maximum Gasteiger partial charge on any atom is 0.318 e. The molecule has 0 spiro atoms. The zero-order valence-electron chi connectivity index (χ0n) is 17.8. The van der Waals surface area contributed by atoms with E-state index in [9.17, 15) is 9.59 Å². The minimum absolute atomic E-state index is 0.0203. The van der Waals surface area contributed by atoms with Crippen LogP contribution in [0.5, 0.6) is 0 Å². The van der Waals surface area contributed by atoms with Crippen molar-refractivity contribution in [2.45, 2.75) is 33.0 Å². The second-order valence-corrected chi connectivity index (χ2v) is 7.28. The Hall–Kier alpha value is -2.80. The van der Waals surface area contributed by atoms with Crippen molar-refractivity contribution in [2.24, 2.45) is 7.05 Å². The standard InChI is InChI=1S/C22H32N4O3/c1-18(2)26(22(28)23-15-19-9-6-5-7-10-19)17-21(27)25(13-14-29-4)16-20-11-8-12-24(20)3/h5-12,18H,13-17H2,1-4H3,(H,23,28). The number of nitrogens with zero attached hydrogens (tertiary/aromatic N) is 3. The number of aryl methyl sites for hydroxylation is 1. The number of hydrogen-bond acceptors (Lipinski definition) is 3. The summed E-state index contributed by atoms with van der Waals surface area (Å²) in [5.41, 5.74) is 2.04. The summed E-state index contributed by atoms with van der Waals surface area (Å²) in [6.07, 6.45) is 1.95. The van der Waals surface area contributed by atoms with Crippen LogP contribution in [0, 0.1) is 0 Å². The molecule has 1 N–H and O–H groups in total. The fraction of sp³-hybridized carbons (Fsp3) is 0.455. The molecule has 1 heterocycles. The minimum Gasteiger partial charge on any atom is -0.383 e. The summed E-state index contributed by atoms with van der Waals surface area (Å²) < 4.78 is 7.15. The van der Waals surface area contributed by atoms with Crippen LogP contribution in [0.3, 0.4) is 0 Å². The van der Waals surface area contributed by atoms with Crippen LogP contribution in [0.25, 0.3) is 0 Å². The first-order valence-electron chi connectivity index (χ1n) is 9.87. The van der Waals surface area contributed by atoms with Crippen molar-refractivity contribution in [2.75, 3.05) is 26.8 Å². The van der Waals surface area contributed by atoms with E-state index in [0.29, 0.717) is 26.2 Å². The number of benzene rings is 1. The Bertz CT molecular complexity index is 773. The second-order valence-electron chi connectivity index (χ2n) is 7.28. The van der Waals surface area contributed by atoms with E-state index in [-0.39, 0.29) is 24.5 Å². The third-order valence-corrected chi connectivity index (χ3v) is 4.80. The molecule has 0 saturated carbocycles. The van der Waals surface area contributed by atoms with Gasteiger partial charge >= 0.3 is 6.03 Å².